The van der Waals surface area contributed by atoms with Gasteiger partial charge in [-0.05, 0) is 47.9 Å². The molecule has 1 heterocycles. The van der Waals surface area contributed by atoms with Crippen LogP contribution in [0.25, 0.3) is 0 Å². The first-order valence-corrected chi connectivity index (χ1v) is 10.2. The Labute approximate surface area is 164 Å². The second kappa shape index (κ2) is 8.17. The van der Waals surface area contributed by atoms with Crippen LogP contribution >= 0.6 is 0 Å². The summed E-state index contributed by atoms with van der Waals surface area (Å²) >= 11 is 0. The van der Waals surface area contributed by atoms with Gasteiger partial charge in [0.15, 0.2) is 11.5 Å². The third kappa shape index (κ3) is 4.61. The minimum absolute atomic E-state index is 0.0433. The first kappa shape index (κ1) is 20.1. The molecule has 0 radical (unpaired) electrons. The van der Waals surface area contributed by atoms with Crippen LogP contribution in [0.4, 0.5) is 5.69 Å². The maximum Gasteiger partial charge on any atom is 0.238 e. The highest BCUT2D eigenvalue weighted by Gasteiger charge is 2.21. The number of anilines is 1. The van der Waals surface area contributed by atoms with Gasteiger partial charge in [-0.15, -0.1) is 0 Å². The van der Waals surface area contributed by atoms with Gasteiger partial charge in [0.25, 0.3) is 0 Å². The number of rotatable bonds is 6. The van der Waals surface area contributed by atoms with Gasteiger partial charge in [0, 0.05) is 18.8 Å². The first-order chi connectivity index (χ1) is 13.3. The Hall–Kier alpha value is -2.62. The summed E-state index contributed by atoms with van der Waals surface area (Å²) in [5.41, 5.74) is 2.66. The second-order valence-electron chi connectivity index (χ2n) is 6.56. The summed E-state index contributed by atoms with van der Waals surface area (Å²) in [5.74, 6) is 1.13. The van der Waals surface area contributed by atoms with Crippen molar-refractivity contribution >= 4 is 21.6 Å². The number of primary sulfonamides is 1. The van der Waals surface area contributed by atoms with Crippen molar-refractivity contribution in [3.63, 3.8) is 0 Å². The number of ether oxygens (including phenoxy) is 2. The van der Waals surface area contributed by atoms with Crippen molar-refractivity contribution in [2.24, 2.45) is 5.14 Å². The first-order valence-electron chi connectivity index (χ1n) is 8.69. The molecule has 0 aliphatic carbocycles. The van der Waals surface area contributed by atoms with Gasteiger partial charge in [-0.25, -0.2) is 13.6 Å². The van der Waals surface area contributed by atoms with Gasteiger partial charge in [0.05, 0.1) is 25.7 Å². The summed E-state index contributed by atoms with van der Waals surface area (Å²) in [6, 6.07) is 9.80. The molecule has 0 saturated carbocycles. The molecule has 0 aromatic heterocycles. The van der Waals surface area contributed by atoms with Gasteiger partial charge in [0.2, 0.25) is 15.9 Å². The molecular formula is C19H23N3O5S. The third-order valence-corrected chi connectivity index (χ3v) is 5.52. The molecule has 1 aliphatic heterocycles. The smallest absolute Gasteiger partial charge is 0.238 e. The van der Waals surface area contributed by atoms with E-state index in [2.05, 4.69) is 5.32 Å². The van der Waals surface area contributed by atoms with Gasteiger partial charge >= 0.3 is 0 Å². The van der Waals surface area contributed by atoms with Gasteiger partial charge in [0.1, 0.15) is 0 Å². The molecule has 150 valence electrons. The van der Waals surface area contributed by atoms with Crippen LogP contribution in [0.1, 0.15) is 11.1 Å². The molecule has 3 rings (SSSR count). The van der Waals surface area contributed by atoms with E-state index in [1.165, 1.54) is 23.8 Å². The highest BCUT2D eigenvalue weighted by molar-refractivity contribution is 7.89. The van der Waals surface area contributed by atoms with E-state index >= 15 is 0 Å². The lowest BCUT2D eigenvalue weighted by atomic mass is 9.99. The van der Waals surface area contributed by atoms with E-state index in [9.17, 15) is 13.2 Å². The van der Waals surface area contributed by atoms with Crippen molar-refractivity contribution in [3.05, 3.63) is 47.5 Å². The van der Waals surface area contributed by atoms with Crippen LogP contribution < -0.4 is 19.9 Å². The Balaban J connectivity index is 1.66. The van der Waals surface area contributed by atoms with Crippen molar-refractivity contribution in [1.82, 2.24) is 4.90 Å². The number of hydrogen-bond acceptors (Lipinski definition) is 6. The number of sulfonamides is 1. The van der Waals surface area contributed by atoms with Crippen LogP contribution in [0.3, 0.4) is 0 Å². The maximum absolute atomic E-state index is 12.4. The minimum Gasteiger partial charge on any atom is -0.493 e. The molecular weight excluding hydrogens is 382 g/mol. The molecule has 0 spiro atoms. The zero-order valence-electron chi connectivity index (χ0n) is 15.8. The fourth-order valence-corrected chi connectivity index (χ4v) is 3.79. The molecule has 0 saturated heterocycles. The Morgan fingerprint density at radius 2 is 1.82 bits per heavy atom. The Bertz CT molecular complexity index is 991. The molecule has 28 heavy (non-hydrogen) atoms. The highest BCUT2D eigenvalue weighted by Crippen LogP contribution is 2.33. The number of nitrogens with two attached hydrogens (primary N) is 1. The molecule has 8 nitrogen and oxygen atoms in total. The van der Waals surface area contributed by atoms with Gasteiger partial charge < -0.3 is 14.8 Å². The fourth-order valence-electron chi connectivity index (χ4n) is 3.23. The molecule has 1 aliphatic rings. The molecule has 1 amide bonds. The van der Waals surface area contributed by atoms with E-state index in [1.807, 2.05) is 17.0 Å². The number of benzene rings is 2. The van der Waals surface area contributed by atoms with E-state index in [1.54, 1.807) is 20.3 Å². The standard InChI is InChI=1S/C19H23N3O5S/c1-26-17-8-13-6-7-22(11-14(13)9-18(17)27-2)12-19(23)21-15-4-3-5-16(10-15)28(20,24)25/h3-5,8-10H,6-7,11-12H2,1-2H3,(H,21,23)(H2,20,24,25). The quantitative estimate of drug-likeness (QED) is 0.750. The molecule has 9 heteroatoms. The van der Waals surface area contributed by atoms with E-state index in [-0.39, 0.29) is 17.3 Å². The third-order valence-electron chi connectivity index (χ3n) is 4.61. The molecule has 2 aromatic rings. The maximum atomic E-state index is 12.4. The summed E-state index contributed by atoms with van der Waals surface area (Å²) in [6.45, 7) is 1.53. The lowest BCUT2D eigenvalue weighted by Crippen LogP contribution is -2.37. The van der Waals surface area contributed by atoms with E-state index in [0.717, 1.165) is 18.5 Å². The zero-order valence-corrected chi connectivity index (χ0v) is 16.6. The van der Waals surface area contributed by atoms with E-state index in [4.69, 9.17) is 14.6 Å². The zero-order chi connectivity index (χ0) is 20.3. The van der Waals surface area contributed by atoms with E-state index in [0.29, 0.717) is 23.7 Å². The van der Waals surface area contributed by atoms with Crippen LogP contribution in [0.5, 0.6) is 11.5 Å². The number of nitrogens with zero attached hydrogens (tertiary/aromatic N) is 1. The molecule has 0 bridgehead atoms. The van der Waals surface area contributed by atoms with Crippen molar-refractivity contribution in [1.29, 1.82) is 0 Å². The number of carbonyl (C=O) groups is 1. The van der Waals surface area contributed by atoms with Gasteiger partial charge in [-0.3, -0.25) is 9.69 Å². The molecule has 0 fully saturated rings. The predicted octanol–water partition coefficient (Wildman–Crippen LogP) is 1.35. The van der Waals surface area contributed by atoms with Crippen LogP contribution in [0.2, 0.25) is 0 Å². The van der Waals surface area contributed by atoms with E-state index < -0.39 is 10.0 Å². The van der Waals surface area contributed by atoms with Crippen LogP contribution in [0.15, 0.2) is 41.3 Å². The largest absolute Gasteiger partial charge is 0.493 e. The van der Waals surface area contributed by atoms with Crippen LogP contribution in [-0.4, -0.2) is 46.5 Å². The molecule has 0 atom stereocenters. The average Bonchev–Trinajstić information content (AvgIpc) is 2.66. The van der Waals surface area contributed by atoms with Gasteiger partial charge in [-0.1, -0.05) is 6.07 Å². The van der Waals surface area contributed by atoms with Crippen molar-refractivity contribution in [3.8, 4) is 11.5 Å². The van der Waals surface area contributed by atoms with Crippen LogP contribution in [-0.2, 0) is 27.8 Å². The summed E-state index contributed by atoms with van der Waals surface area (Å²) in [7, 11) is -0.621. The molecule has 0 unspecified atom stereocenters. The Morgan fingerprint density at radius 1 is 1.14 bits per heavy atom. The minimum atomic E-state index is -3.82. The number of methoxy groups -OCH3 is 2. The van der Waals surface area contributed by atoms with Crippen LogP contribution in [0, 0.1) is 0 Å². The number of carbonyl (C=O) groups excluding carboxylic acids is 1. The molecule has 2 aromatic carbocycles. The number of hydrogen-bond donors (Lipinski definition) is 2. The van der Waals surface area contributed by atoms with Gasteiger partial charge in [-0.2, -0.15) is 0 Å². The predicted molar refractivity (Wildman–Crippen MR) is 105 cm³/mol. The SMILES string of the molecule is COc1cc2c(cc1OC)CN(CC(=O)Nc1cccc(S(N)(=O)=O)c1)CC2. The summed E-state index contributed by atoms with van der Waals surface area (Å²) in [5, 5.41) is 7.85. The number of nitrogens with one attached hydrogen (secondary N) is 1. The summed E-state index contributed by atoms with van der Waals surface area (Å²) < 4.78 is 33.6. The van der Waals surface area contributed by atoms with Crippen molar-refractivity contribution in [2.45, 2.75) is 17.9 Å². The lowest BCUT2D eigenvalue weighted by molar-refractivity contribution is -0.117. The summed E-state index contributed by atoms with van der Waals surface area (Å²) in [6.07, 6.45) is 0.796. The normalized spacial score (nSPS) is 14.2. The Kier molecular flexibility index (Phi) is 5.87. The topological polar surface area (TPSA) is 111 Å². The average molecular weight is 405 g/mol. The number of fused-ring (bicyclic) bond motifs is 1. The summed E-state index contributed by atoms with van der Waals surface area (Å²) in [4.78, 5) is 14.4. The fraction of sp³-hybridized carbons (Fsp3) is 0.316. The Morgan fingerprint density at radius 3 is 2.46 bits per heavy atom. The monoisotopic (exact) mass is 405 g/mol. The molecule has 3 N–H and O–H groups in total. The van der Waals surface area contributed by atoms with Crippen molar-refractivity contribution in [2.75, 3.05) is 32.6 Å². The number of amides is 1. The highest BCUT2D eigenvalue weighted by atomic mass is 32.2. The van der Waals surface area contributed by atoms with Crippen molar-refractivity contribution < 1.29 is 22.7 Å². The second-order valence-corrected chi connectivity index (χ2v) is 8.12. The lowest BCUT2D eigenvalue weighted by Gasteiger charge is -2.29.